The van der Waals surface area contributed by atoms with Crippen LogP contribution in [0.1, 0.15) is 55.3 Å². The summed E-state index contributed by atoms with van der Waals surface area (Å²) in [6.07, 6.45) is -0.501. The van der Waals surface area contributed by atoms with Gasteiger partial charge in [-0.1, -0.05) is 26.0 Å². The molecule has 49 heavy (non-hydrogen) atoms. The van der Waals surface area contributed by atoms with Crippen LogP contribution >= 0.6 is 0 Å². The summed E-state index contributed by atoms with van der Waals surface area (Å²) in [6, 6.07) is 14.2. The van der Waals surface area contributed by atoms with Crippen LogP contribution in [0.15, 0.2) is 72.8 Å². The molecule has 0 fully saturated rings. The Hall–Kier alpha value is -5.56. The third kappa shape index (κ3) is 10.2. The molecule has 0 aliphatic heterocycles. The molecule has 0 radical (unpaired) electrons. The zero-order valence-electron chi connectivity index (χ0n) is 27.2. The van der Waals surface area contributed by atoms with E-state index in [2.05, 4.69) is 0 Å². The minimum absolute atomic E-state index is 0.00974. The number of hydrogen-bond donors (Lipinski definition) is 1. The van der Waals surface area contributed by atoms with Gasteiger partial charge in [0, 0.05) is 37.1 Å². The number of carbonyl (C=O) groups is 4. The highest BCUT2D eigenvalue weighted by atomic mass is 19.1. The summed E-state index contributed by atoms with van der Waals surface area (Å²) in [7, 11) is 0. The SMILES string of the molecule is CC(=O)Oc1ccc(-c2ccc(F)cc2F)cc1C(=O)O.CCN(CC)C(C)OC(=O)c1cc(-c2ccc(F)cc2F)ccc1OC(C)=O. The molecule has 4 aromatic carbocycles. The van der Waals surface area contributed by atoms with E-state index in [1.165, 1.54) is 49.4 Å². The molecule has 1 unspecified atom stereocenters. The van der Waals surface area contributed by atoms with E-state index in [4.69, 9.17) is 19.3 Å². The molecule has 0 spiro atoms. The van der Waals surface area contributed by atoms with Gasteiger partial charge in [0.2, 0.25) is 0 Å². The fourth-order valence-corrected chi connectivity index (χ4v) is 4.69. The first kappa shape index (κ1) is 37.9. The van der Waals surface area contributed by atoms with E-state index in [1.807, 2.05) is 18.7 Å². The van der Waals surface area contributed by atoms with Gasteiger partial charge in [0.15, 0.2) is 6.23 Å². The Morgan fingerprint density at radius 1 is 0.673 bits per heavy atom. The van der Waals surface area contributed by atoms with E-state index in [0.717, 1.165) is 31.2 Å². The van der Waals surface area contributed by atoms with Gasteiger partial charge < -0.3 is 19.3 Å². The summed E-state index contributed by atoms with van der Waals surface area (Å²) in [5, 5.41) is 9.12. The summed E-state index contributed by atoms with van der Waals surface area (Å²) in [6.45, 7) is 9.33. The van der Waals surface area contributed by atoms with E-state index in [-0.39, 0.29) is 39.3 Å². The molecule has 0 saturated heterocycles. The molecule has 0 aliphatic rings. The van der Waals surface area contributed by atoms with Crippen molar-refractivity contribution in [3.8, 4) is 33.8 Å². The highest BCUT2D eigenvalue weighted by Gasteiger charge is 2.22. The van der Waals surface area contributed by atoms with Crippen LogP contribution < -0.4 is 9.47 Å². The number of esters is 3. The minimum Gasteiger partial charge on any atom is -0.478 e. The van der Waals surface area contributed by atoms with Crippen molar-refractivity contribution < 1.29 is 56.1 Å². The second-order valence-corrected chi connectivity index (χ2v) is 10.4. The van der Waals surface area contributed by atoms with Crippen molar-refractivity contribution in [2.75, 3.05) is 13.1 Å². The molecule has 0 heterocycles. The molecule has 0 aromatic heterocycles. The summed E-state index contributed by atoms with van der Waals surface area (Å²) in [4.78, 5) is 48.1. The number of hydrogen-bond acceptors (Lipinski definition) is 8. The van der Waals surface area contributed by atoms with E-state index >= 15 is 0 Å². The van der Waals surface area contributed by atoms with Crippen LogP contribution in [0.3, 0.4) is 0 Å². The van der Waals surface area contributed by atoms with Gasteiger partial charge in [-0.05, 0) is 79.7 Å². The van der Waals surface area contributed by atoms with E-state index in [9.17, 15) is 36.7 Å². The number of benzene rings is 4. The van der Waals surface area contributed by atoms with Crippen molar-refractivity contribution in [3.63, 3.8) is 0 Å². The van der Waals surface area contributed by atoms with Gasteiger partial charge in [-0.25, -0.2) is 27.2 Å². The third-order valence-electron chi connectivity index (χ3n) is 7.01. The third-order valence-corrected chi connectivity index (χ3v) is 7.01. The van der Waals surface area contributed by atoms with Gasteiger partial charge in [0.25, 0.3) is 0 Å². The predicted octanol–water partition coefficient (Wildman–Crippen LogP) is 7.66. The number of aromatic carboxylic acids is 1. The second kappa shape index (κ2) is 17.0. The Morgan fingerprint density at radius 2 is 1.10 bits per heavy atom. The molecule has 0 amide bonds. The smallest absolute Gasteiger partial charge is 0.343 e. The number of carboxylic acids is 1. The Balaban J connectivity index is 0.000000276. The summed E-state index contributed by atoms with van der Waals surface area (Å²) in [5.74, 6) is -6.45. The molecule has 258 valence electrons. The van der Waals surface area contributed by atoms with Crippen LogP contribution in [0.4, 0.5) is 17.6 Å². The lowest BCUT2D eigenvalue weighted by Gasteiger charge is -2.26. The number of nitrogens with zero attached hydrogens (tertiary/aromatic N) is 1. The summed E-state index contributed by atoms with van der Waals surface area (Å²) < 4.78 is 69.3. The average molecular weight is 684 g/mol. The first-order chi connectivity index (χ1) is 23.1. The van der Waals surface area contributed by atoms with Crippen LogP contribution in [0.5, 0.6) is 11.5 Å². The second-order valence-electron chi connectivity index (χ2n) is 10.4. The predicted molar refractivity (Wildman–Crippen MR) is 171 cm³/mol. The van der Waals surface area contributed by atoms with Gasteiger partial charge in [-0.3, -0.25) is 14.5 Å². The lowest BCUT2D eigenvalue weighted by Crippen LogP contribution is -2.36. The largest absolute Gasteiger partial charge is 0.478 e. The zero-order chi connectivity index (χ0) is 36.4. The molecular weight excluding hydrogens is 650 g/mol. The fourth-order valence-electron chi connectivity index (χ4n) is 4.69. The highest BCUT2D eigenvalue weighted by molar-refractivity contribution is 5.95. The van der Waals surface area contributed by atoms with Gasteiger partial charge >= 0.3 is 23.9 Å². The molecular formula is C36H33F4NO8. The number of rotatable bonds is 10. The van der Waals surface area contributed by atoms with Gasteiger partial charge in [-0.15, -0.1) is 0 Å². The number of halogens is 4. The van der Waals surface area contributed by atoms with Crippen LogP contribution in [0, 0.1) is 23.3 Å². The quantitative estimate of drug-likeness (QED) is 0.0778. The summed E-state index contributed by atoms with van der Waals surface area (Å²) in [5.41, 5.74) is 0.424. The first-order valence-corrected chi connectivity index (χ1v) is 14.9. The van der Waals surface area contributed by atoms with Crippen molar-refractivity contribution in [2.45, 2.75) is 40.8 Å². The molecule has 0 bridgehead atoms. The van der Waals surface area contributed by atoms with Gasteiger partial charge in [-0.2, -0.15) is 0 Å². The van der Waals surface area contributed by atoms with Crippen molar-refractivity contribution in [1.29, 1.82) is 0 Å². The van der Waals surface area contributed by atoms with Crippen molar-refractivity contribution in [1.82, 2.24) is 4.90 Å². The first-order valence-electron chi connectivity index (χ1n) is 14.9. The van der Waals surface area contributed by atoms with Gasteiger partial charge in [0.05, 0.1) is 0 Å². The Kier molecular flexibility index (Phi) is 13.2. The molecule has 0 saturated carbocycles. The maximum atomic E-state index is 14.1. The summed E-state index contributed by atoms with van der Waals surface area (Å²) >= 11 is 0. The van der Waals surface area contributed by atoms with Crippen LogP contribution in [-0.4, -0.2) is 53.2 Å². The lowest BCUT2D eigenvalue weighted by atomic mass is 10.0. The molecule has 1 N–H and O–H groups in total. The maximum Gasteiger partial charge on any atom is 0.343 e. The minimum atomic E-state index is -1.32. The van der Waals surface area contributed by atoms with E-state index in [0.29, 0.717) is 24.7 Å². The normalized spacial score (nSPS) is 11.2. The Morgan fingerprint density at radius 3 is 1.49 bits per heavy atom. The van der Waals surface area contributed by atoms with Crippen molar-refractivity contribution in [2.24, 2.45) is 0 Å². The monoisotopic (exact) mass is 683 g/mol. The lowest BCUT2D eigenvalue weighted by molar-refractivity contribution is -0.132. The highest BCUT2D eigenvalue weighted by Crippen LogP contribution is 2.31. The topological polar surface area (TPSA) is 119 Å². The standard InChI is InChI=1S/C21H23F2NO4.C15H10F2O4/c1-5-24(6-2)13(3)27-21(26)18-11-15(7-10-20(18)28-14(4)25)17-9-8-16(22)12-19(17)23;1-8(18)21-14-5-2-9(6-12(14)15(19)20)11-4-3-10(16)7-13(11)17/h7-13H,5-6H2,1-4H3;2-7H,1H3,(H,19,20). The van der Waals surface area contributed by atoms with Crippen LogP contribution in [0.25, 0.3) is 22.3 Å². The molecule has 1 atom stereocenters. The van der Waals surface area contributed by atoms with Crippen molar-refractivity contribution >= 4 is 23.9 Å². The average Bonchev–Trinajstić information content (AvgIpc) is 3.02. The maximum absolute atomic E-state index is 14.1. The van der Waals surface area contributed by atoms with E-state index < -0.39 is 53.4 Å². The zero-order valence-corrected chi connectivity index (χ0v) is 27.2. The Labute approximate surface area is 279 Å². The van der Waals surface area contributed by atoms with Crippen molar-refractivity contribution in [3.05, 3.63) is 107 Å². The van der Waals surface area contributed by atoms with Crippen LogP contribution in [0.2, 0.25) is 0 Å². The Bertz CT molecular complexity index is 1860. The molecule has 0 aliphatic carbocycles. The number of carboxylic acid groups (broad SMARTS) is 1. The molecule has 4 aromatic rings. The molecule has 13 heteroatoms. The number of carbonyl (C=O) groups excluding carboxylic acids is 3. The van der Waals surface area contributed by atoms with Gasteiger partial charge in [0.1, 0.15) is 45.9 Å². The number of ether oxygens (including phenoxy) is 3. The molecule has 4 rings (SSSR count). The van der Waals surface area contributed by atoms with E-state index in [1.54, 1.807) is 6.92 Å². The fraction of sp³-hybridized carbons (Fsp3) is 0.222. The van der Waals surface area contributed by atoms with Crippen LogP contribution in [-0.2, 0) is 14.3 Å². The molecule has 9 nitrogen and oxygen atoms in total.